The lowest BCUT2D eigenvalue weighted by molar-refractivity contribution is 1.57. The Morgan fingerprint density at radius 2 is 1.76 bits per heavy atom. The van der Waals surface area contributed by atoms with Crippen LogP contribution in [0, 0.1) is 0 Å². The smallest absolute Gasteiger partial charge is 0.168 e. The molecule has 0 amide bonds. The van der Waals surface area contributed by atoms with Gasteiger partial charge in [-0.25, -0.2) is 0 Å². The molecule has 2 aromatic rings. The van der Waals surface area contributed by atoms with Gasteiger partial charge < -0.3 is 11.1 Å². The summed E-state index contributed by atoms with van der Waals surface area (Å²) < 4.78 is 0. The third-order valence-corrected chi connectivity index (χ3v) is 2.75. The highest BCUT2D eigenvalue weighted by molar-refractivity contribution is 7.80. The van der Waals surface area contributed by atoms with E-state index in [-0.39, 0.29) is 5.11 Å². The van der Waals surface area contributed by atoms with Crippen molar-refractivity contribution in [2.45, 2.75) is 0 Å². The van der Waals surface area contributed by atoms with Gasteiger partial charge in [-0.3, -0.25) is 0 Å². The van der Waals surface area contributed by atoms with E-state index >= 15 is 0 Å². The molecule has 0 aliphatic carbocycles. The lowest BCUT2D eigenvalue weighted by Crippen LogP contribution is -2.19. The van der Waals surface area contributed by atoms with Crippen molar-refractivity contribution in [1.82, 2.24) is 0 Å². The molecule has 0 saturated carbocycles. The first-order valence-corrected chi connectivity index (χ1v) is 5.87. The molecule has 0 radical (unpaired) electrons. The van der Waals surface area contributed by atoms with Crippen molar-refractivity contribution in [3.05, 3.63) is 53.6 Å². The topological polar surface area (TPSA) is 38.0 Å². The third kappa shape index (κ3) is 2.75. The van der Waals surface area contributed by atoms with E-state index in [0.717, 1.165) is 16.8 Å². The predicted octanol–water partition coefficient (Wildman–Crippen LogP) is 3.66. The van der Waals surface area contributed by atoms with E-state index in [1.165, 1.54) is 0 Å². The lowest BCUT2D eigenvalue weighted by Gasteiger charge is -2.12. The van der Waals surface area contributed by atoms with Gasteiger partial charge in [-0.05, 0) is 29.9 Å². The average Bonchev–Trinajstić information content (AvgIpc) is 2.29. The molecule has 0 aromatic heterocycles. The summed E-state index contributed by atoms with van der Waals surface area (Å²) >= 11 is 11.1. The Hall–Kier alpha value is -1.58. The first-order valence-electron chi connectivity index (χ1n) is 5.09. The van der Waals surface area contributed by atoms with Crippen LogP contribution >= 0.6 is 23.8 Å². The second kappa shape index (κ2) is 5.17. The summed E-state index contributed by atoms with van der Waals surface area (Å²) in [4.78, 5) is 0. The van der Waals surface area contributed by atoms with Crippen molar-refractivity contribution in [3.63, 3.8) is 0 Å². The van der Waals surface area contributed by atoms with Gasteiger partial charge in [0.25, 0.3) is 0 Å². The van der Waals surface area contributed by atoms with Gasteiger partial charge in [-0.15, -0.1) is 0 Å². The van der Waals surface area contributed by atoms with Crippen LogP contribution in [0.3, 0.4) is 0 Å². The minimum atomic E-state index is 0.226. The molecule has 0 bridgehead atoms. The predicted molar refractivity (Wildman–Crippen MR) is 77.3 cm³/mol. The molecule has 2 aromatic carbocycles. The minimum absolute atomic E-state index is 0.226. The van der Waals surface area contributed by atoms with Crippen LogP contribution in [0.2, 0.25) is 5.02 Å². The first-order chi connectivity index (χ1) is 8.18. The first kappa shape index (κ1) is 11.9. The van der Waals surface area contributed by atoms with Crippen molar-refractivity contribution in [2.75, 3.05) is 5.32 Å². The van der Waals surface area contributed by atoms with Gasteiger partial charge in [0.05, 0.1) is 5.02 Å². The maximum atomic E-state index is 6.22. The maximum absolute atomic E-state index is 6.22. The van der Waals surface area contributed by atoms with Gasteiger partial charge in [0, 0.05) is 11.3 Å². The molecule has 0 spiro atoms. The Morgan fingerprint density at radius 3 is 2.41 bits per heavy atom. The molecular formula is C13H11ClN2S. The second-order valence-corrected chi connectivity index (χ2v) is 4.36. The van der Waals surface area contributed by atoms with E-state index in [1.807, 2.05) is 48.5 Å². The zero-order valence-electron chi connectivity index (χ0n) is 8.98. The molecule has 86 valence electrons. The molecule has 4 heteroatoms. The number of hydrogen-bond donors (Lipinski definition) is 2. The zero-order chi connectivity index (χ0) is 12.3. The standard InChI is InChI=1S/C13H11ClN2S/c14-10-7-4-8-11(16-13(15)17)12(10)9-5-2-1-3-6-9/h1-8H,(H3,15,16,17). The number of nitrogens with two attached hydrogens (primary N) is 1. The summed E-state index contributed by atoms with van der Waals surface area (Å²) in [6, 6.07) is 15.5. The summed E-state index contributed by atoms with van der Waals surface area (Å²) in [7, 11) is 0. The fourth-order valence-electron chi connectivity index (χ4n) is 1.66. The van der Waals surface area contributed by atoms with Crippen molar-refractivity contribution >= 4 is 34.6 Å². The van der Waals surface area contributed by atoms with E-state index in [0.29, 0.717) is 5.02 Å². The van der Waals surface area contributed by atoms with Crippen molar-refractivity contribution < 1.29 is 0 Å². The summed E-state index contributed by atoms with van der Waals surface area (Å²) in [6.07, 6.45) is 0. The summed E-state index contributed by atoms with van der Waals surface area (Å²) in [6.45, 7) is 0. The second-order valence-electron chi connectivity index (χ2n) is 3.52. The Morgan fingerprint density at radius 1 is 1.06 bits per heavy atom. The molecule has 0 atom stereocenters. The van der Waals surface area contributed by atoms with Crippen LogP contribution in [0.15, 0.2) is 48.5 Å². The number of anilines is 1. The molecule has 0 heterocycles. The van der Waals surface area contributed by atoms with E-state index < -0.39 is 0 Å². The quantitative estimate of drug-likeness (QED) is 0.811. The minimum Gasteiger partial charge on any atom is -0.376 e. The number of thiocarbonyl (C=S) groups is 1. The average molecular weight is 263 g/mol. The van der Waals surface area contributed by atoms with Gasteiger partial charge in [-0.2, -0.15) is 0 Å². The van der Waals surface area contributed by atoms with Crippen molar-refractivity contribution in [3.8, 4) is 11.1 Å². The zero-order valence-corrected chi connectivity index (χ0v) is 10.6. The van der Waals surface area contributed by atoms with Gasteiger partial charge in [0.1, 0.15) is 0 Å². The van der Waals surface area contributed by atoms with Crippen molar-refractivity contribution in [1.29, 1.82) is 0 Å². The maximum Gasteiger partial charge on any atom is 0.168 e. The van der Waals surface area contributed by atoms with E-state index in [2.05, 4.69) is 5.32 Å². The fraction of sp³-hybridized carbons (Fsp3) is 0. The highest BCUT2D eigenvalue weighted by Gasteiger charge is 2.09. The monoisotopic (exact) mass is 262 g/mol. The van der Waals surface area contributed by atoms with Crippen LogP contribution in [0.1, 0.15) is 0 Å². The Bertz CT molecular complexity index is 540. The van der Waals surface area contributed by atoms with Crippen LogP contribution < -0.4 is 11.1 Å². The molecule has 3 N–H and O–H groups in total. The Kier molecular flexibility index (Phi) is 3.61. The van der Waals surface area contributed by atoms with Crippen LogP contribution in [0.5, 0.6) is 0 Å². The molecule has 2 nitrogen and oxygen atoms in total. The normalized spacial score (nSPS) is 9.94. The van der Waals surface area contributed by atoms with Gasteiger partial charge in [-0.1, -0.05) is 48.0 Å². The van der Waals surface area contributed by atoms with Crippen LogP contribution in [0.4, 0.5) is 5.69 Å². The molecule has 2 rings (SSSR count). The molecule has 0 fully saturated rings. The number of benzene rings is 2. The Balaban J connectivity index is 2.55. The number of halogens is 1. The van der Waals surface area contributed by atoms with E-state index in [9.17, 15) is 0 Å². The van der Waals surface area contributed by atoms with Gasteiger partial charge in [0.15, 0.2) is 5.11 Å². The van der Waals surface area contributed by atoms with Gasteiger partial charge >= 0.3 is 0 Å². The Labute approximate surface area is 110 Å². The number of hydrogen-bond acceptors (Lipinski definition) is 1. The molecule has 0 aliphatic heterocycles. The molecular weight excluding hydrogens is 252 g/mol. The van der Waals surface area contributed by atoms with E-state index in [1.54, 1.807) is 0 Å². The summed E-state index contributed by atoms with van der Waals surface area (Å²) in [5.74, 6) is 0. The summed E-state index contributed by atoms with van der Waals surface area (Å²) in [5, 5.41) is 3.83. The molecule has 0 saturated heterocycles. The molecule has 0 aliphatic rings. The fourth-order valence-corrected chi connectivity index (χ4v) is 2.05. The lowest BCUT2D eigenvalue weighted by atomic mass is 10.0. The SMILES string of the molecule is NC(=S)Nc1cccc(Cl)c1-c1ccccc1. The summed E-state index contributed by atoms with van der Waals surface area (Å²) in [5.41, 5.74) is 8.24. The van der Waals surface area contributed by atoms with Crippen LogP contribution in [-0.2, 0) is 0 Å². The molecule has 0 unspecified atom stereocenters. The third-order valence-electron chi connectivity index (χ3n) is 2.33. The number of rotatable bonds is 2. The van der Waals surface area contributed by atoms with E-state index in [4.69, 9.17) is 29.6 Å². The van der Waals surface area contributed by atoms with Crippen molar-refractivity contribution in [2.24, 2.45) is 5.73 Å². The van der Waals surface area contributed by atoms with Gasteiger partial charge in [0.2, 0.25) is 0 Å². The molecule has 17 heavy (non-hydrogen) atoms. The van der Waals surface area contributed by atoms with Crippen LogP contribution in [-0.4, -0.2) is 5.11 Å². The highest BCUT2D eigenvalue weighted by atomic mass is 35.5. The van der Waals surface area contributed by atoms with Crippen LogP contribution in [0.25, 0.3) is 11.1 Å². The highest BCUT2D eigenvalue weighted by Crippen LogP contribution is 2.34. The largest absolute Gasteiger partial charge is 0.376 e. The number of nitrogens with one attached hydrogen (secondary N) is 1.